The molecule has 1 aliphatic rings. The third-order valence-electron chi connectivity index (χ3n) is 4.56. The molecule has 2 atom stereocenters. The fourth-order valence-electron chi connectivity index (χ4n) is 3.16. The van der Waals surface area contributed by atoms with Crippen LogP contribution < -0.4 is 0 Å². The summed E-state index contributed by atoms with van der Waals surface area (Å²) in [5, 5.41) is 0. The molecule has 5 nitrogen and oxygen atoms in total. The lowest BCUT2D eigenvalue weighted by atomic mass is 9.94. The second-order valence-electron chi connectivity index (χ2n) is 6.09. The minimum atomic E-state index is -0.0339. The van der Waals surface area contributed by atoms with Gasteiger partial charge in [-0.2, -0.15) is 0 Å². The highest BCUT2D eigenvalue weighted by Crippen LogP contribution is 2.23. The van der Waals surface area contributed by atoms with Crippen LogP contribution in [0.4, 0.5) is 0 Å². The second kappa shape index (κ2) is 6.08. The van der Waals surface area contributed by atoms with Crippen molar-refractivity contribution in [2.45, 2.75) is 32.4 Å². The Balaban J connectivity index is 1.76. The van der Waals surface area contributed by atoms with Crippen molar-refractivity contribution in [3.63, 3.8) is 0 Å². The average molecular weight is 301 g/mol. The van der Waals surface area contributed by atoms with Crippen LogP contribution in [0.5, 0.6) is 0 Å². The van der Waals surface area contributed by atoms with E-state index in [2.05, 4.69) is 9.55 Å². The van der Waals surface area contributed by atoms with Crippen molar-refractivity contribution in [3.8, 4) is 0 Å². The van der Waals surface area contributed by atoms with Gasteiger partial charge in [0, 0.05) is 20.7 Å². The highest BCUT2D eigenvalue weighted by Gasteiger charge is 2.31. The zero-order chi connectivity index (χ0) is 15.7. The van der Waals surface area contributed by atoms with Crippen molar-refractivity contribution < 1.29 is 9.53 Å². The first kappa shape index (κ1) is 15.0. The number of carbonyl (C=O) groups excluding carboxylic acids is 1. The molecule has 1 fully saturated rings. The molecule has 0 radical (unpaired) electrons. The van der Waals surface area contributed by atoms with E-state index < -0.39 is 0 Å². The number of carbonyl (C=O) groups is 1. The van der Waals surface area contributed by atoms with E-state index in [0.29, 0.717) is 6.54 Å². The number of ether oxygens (including phenoxy) is 1. The molecular formula is C17H23N3O2. The van der Waals surface area contributed by atoms with Crippen LogP contribution in [0.3, 0.4) is 0 Å². The molecule has 0 spiro atoms. The van der Waals surface area contributed by atoms with Gasteiger partial charge in [0.25, 0.3) is 0 Å². The lowest BCUT2D eigenvalue weighted by Gasteiger charge is -2.31. The number of para-hydroxylation sites is 2. The van der Waals surface area contributed by atoms with Gasteiger partial charge in [0.15, 0.2) is 0 Å². The van der Waals surface area contributed by atoms with Crippen LogP contribution in [0.25, 0.3) is 11.0 Å². The predicted octanol–water partition coefficient (Wildman–Crippen LogP) is 2.35. The SMILES string of the molecule is CC1OCCCC1C(=O)N(C)Cc1nc2ccccc2n1C. The Bertz CT molecular complexity index is 680. The molecule has 0 bridgehead atoms. The number of rotatable bonds is 3. The van der Waals surface area contributed by atoms with Crippen LogP contribution in [-0.4, -0.2) is 40.1 Å². The maximum Gasteiger partial charge on any atom is 0.228 e. The molecule has 1 saturated heterocycles. The molecule has 0 N–H and O–H groups in total. The number of amides is 1. The van der Waals surface area contributed by atoms with E-state index in [9.17, 15) is 4.79 Å². The van der Waals surface area contributed by atoms with Gasteiger partial charge in [0.05, 0.1) is 29.6 Å². The minimum Gasteiger partial charge on any atom is -0.378 e. The maximum absolute atomic E-state index is 12.6. The van der Waals surface area contributed by atoms with Crippen LogP contribution in [0.1, 0.15) is 25.6 Å². The van der Waals surface area contributed by atoms with Gasteiger partial charge in [-0.1, -0.05) is 12.1 Å². The van der Waals surface area contributed by atoms with Gasteiger partial charge in [-0.25, -0.2) is 4.98 Å². The van der Waals surface area contributed by atoms with E-state index in [1.807, 2.05) is 45.3 Å². The number of imidazole rings is 1. The molecule has 2 heterocycles. The highest BCUT2D eigenvalue weighted by atomic mass is 16.5. The van der Waals surface area contributed by atoms with Crippen LogP contribution in [0.2, 0.25) is 0 Å². The molecule has 1 aromatic carbocycles. The van der Waals surface area contributed by atoms with Crippen molar-refractivity contribution in [1.29, 1.82) is 0 Å². The lowest BCUT2D eigenvalue weighted by Crippen LogP contribution is -2.41. The monoisotopic (exact) mass is 301 g/mol. The Hall–Kier alpha value is -1.88. The second-order valence-corrected chi connectivity index (χ2v) is 6.09. The first-order chi connectivity index (χ1) is 10.6. The van der Waals surface area contributed by atoms with E-state index in [-0.39, 0.29) is 17.9 Å². The summed E-state index contributed by atoms with van der Waals surface area (Å²) in [7, 11) is 3.85. The van der Waals surface area contributed by atoms with Crippen LogP contribution in [0, 0.1) is 5.92 Å². The van der Waals surface area contributed by atoms with Gasteiger partial charge < -0.3 is 14.2 Å². The molecule has 1 aliphatic heterocycles. The molecule has 3 rings (SSSR count). The molecule has 2 aromatic rings. The van der Waals surface area contributed by atoms with E-state index in [1.165, 1.54) is 0 Å². The number of aryl methyl sites for hydroxylation is 1. The Morgan fingerprint density at radius 1 is 1.45 bits per heavy atom. The van der Waals surface area contributed by atoms with E-state index in [4.69, 9.17) is 4.74 Å². The first-order valence-electron chi connectivity index (χ1n) is 7.85. The Morgan fingerprint density at radius 2 is 2.23 bits per heavy atom. The van der Waals surface area contributed by atoms with Crippen LogP contribution in [-0.2, 0) is 23.1 Å². The minimum absolute atomic E-state index is 0.00384. The molecule has 1 aromatic heterocycles. The number of hydrogen-bond acceptors (Lipinski definition) is 3. The zero-order valence-electron chi connectivity index (χ0n) is 13.5. The maximum atomic E-state index is 12.6. The Kier molecular flexibility index (Phi) is 4.16. The van der Waals surface area contributed by atoms with Gasteiger partial charge in [-0.05, 0) is 31.9 Å². The largest absolute Gasteiger partial charge is 0.378 e. The fraction of sp³-hybridized carbons (Fsp3) is 0.529. The fourth-order valence-corrected chi connectivity index (χ4v) is 3.16. The number of hydrogen-bond donors (Lipinski definition) is 0. The lowest BCUT2D eigenvalue weighted by molar-refractivity contribution is -0.143. The Morgan fingerprint density at radius 3 is 2.95 bits per heavy atom. The van der Waals surface area contributed by atoms with Crippen LogP contribution in [0.15, 0.2) is 24.3 Å². The van der Waals surface area contributed by atoms with Gasteiger partial charge in [0.2, 0.25) is 5.91 Å². The third-order valence-corrected chi connectivity index (χ3v) is 4.56. The zero-order valence-corrected chi connectivity index (χ0v) is 13.5. The van der Waals surface area contributed by atoms with E-state index in [0.717, 1.165) is 36.3 Å². The summed E-state index contributed by atoms with van der Waals surface area (Å²) in [6, 6.07) is 8.03. The van der Waals surface area contributed by atoms with Gasteiger partial charge >= 0.3 is 0 Å². The summed E-state index contributed by atoms with van der Waals surface area (Å²) in [4.78, 5) is 19.1. The van der Waals surface area contributed by atoms with Gasteiger partial charge in [0.1, 0.15) is 5.82 Å². The summed E-state index contributed by atoms with van der Waals surface area (Å²) < 4.78 is 7.67. The van der Waals surface area contributed by atoms with Crippen molar-refractivity contribution >= 4 is 16.9 Å². The number of benzene rings is 1. The summed E-state index contributed by atoms with van der Waals surface area (Å²) >= 11 is 0. The van der Waals surface area contributed by atoms with Gasteiger partial charge in [-0.15, -0.1) is 0 Å². The predicted molar refractivity (Wildman–Crippen MR) is 85.3 cm³/mol. The summed E-state index contributed by atoms with van der Waals surface area (Å²) in [6.45, 7) is 3.28. The molecule has 118 valence electrons. The molecule has 22 heavy (non-hydrogen) atoms. The Labute approximate surface area is 130 Å². The van der Waals surface area contributed by atoms with Crippen molar-refractivity contribution in [3.05, 3.63) is 30.1 Å². The quantitative estimate of drug-likeness (QED) is 0.874. The van der Waals surface area contributed by atoms with E-state index >= 15 is 0 Å². The molecule has 0 saturated carbocycles. The van der Waals surface area contributed by atoms with E-state index in [1.54, 1.807) is 4.90 Å². The van der Waals surface area contributed by atoms with Crippen LogP contribution >= 0.6 is 0 Å². The van der Waals surface area contributed by atoms with Crippen molar-refractivity contribution in [2.75, 3.05) is 13.7 Å². The summed E-state index contributed by atoms with van der Waals surface area (Å²) in [5.41, 5.74) is 2.06. The summed E-state index contributed by atoms with van der Waals surface area (Å²) in [5.74, 6) is 1.02. The number of aromatic nitrogens is 2. The van der Waals surface area contributed by atoms with Gasteiger partial charge in [-0.3, -0.25) is 4.79 Å². The summed E-state index contributed by atoms with van der Waals surface area (Å²) in [6.07, 6.45) is 1.87. The molecular weight excluding hydrogens is 278 g/mol. The highest BCUT2D eigenvalue weighted by molar-refractivity contribution is 5.79. The average Bonchev–Trinajstić information content (AvgIpc) is 2.84. The molecule has 2 unspecified atom stereocenters. The number of nitrogens with zero attached hydrogens (tertiary/aromatic N) is 3. The standard InChI is InChI=1S/C17H23N3O2/c1-12-13(7-6-10-22-12)17(21)19(2)11-16-18-14-8-4-5-9-15(14)20(16)3/h4-5,8-9,12-13H,6-7,10-11H2,1-3H3. The van der Waals surface area contributed by atoms with Crippen molar-refractivity contribution in [1.82, 2.24) is 14.5 Å². The number of fused-ring (bicyclic) bond motifs is 1. The van der Waals surface area contributed by atoms with Crippen molar-refractivity contribution in [2.24, 2.45) is 13.0 Å². The topological polar surface area (TPSA) is 47.4 Å². The third kappa shape index (κ3) is 2.73. The normalized spacial score (nSPS) is 22.0. The molecule has 0 aliphatic carbocycles. The smallest absolute Gasteiger partial charge is 0.228 e. The molecule has 5 heteroatoms. The molecule has 1 amide bonds. The first-order valence-corrected chi connectivity index (χ1v) is 7.85.